The Morgan fingerprint density at radius 1 is 1.17 bits per heavy atom. The number of aryl methyl sites for hydroxylation is 3. The van der Waals surface area contributed by atoms with Crippen LogP contribution in [0.5, 0.6) is 0 Å². The second-order valence-corrected chi connectivity index (χ2v) is 5.53. The zero-order valence-electron chi connectivity index (χ0n) is 13.7. The molecule has 0 fully saturated rings. The minimum Gasteiger partial charge on any atom is -0.321 e. The summed E-state index contributed by atoms with van der Waals surface area (Å²) < 4.78 is 0. The number of hydrogen-bond acceptors (Lipinski definition) is 2. The molecule has 2 aromatic carbocycles. The van der Waals surface area contributed by atoms with Crippen molar-refractivity contribution in [2.75, 3.05) is 5.32 Å². The number of anilines is 1. The SMILES string of the molecule is CCc1ccc(NC(=O)/C(C#N)=C/c2ccc(C)cc2C)cc1. The fourth-order valence-corrected chi connectivity index (χ4v) is 2.31. The van der Waals surface area contributed by atoms with Gasteiger partial charge in [-0.3, -0.25) is 4.79 Å². The van der Waals surface area contributed by atoms with Crippen LogP contribution < -0.4 is 5.32 Å². The first-order valence-corrected chi connectivity index (χ1v) is 7.63. The lowest BCUT2D eigenvalue weighted by Gasteiger charge is -2.06. The molecule has 0 spiro atoms. The van der Waals surface area contributed by atoms with Crippen LogP contribution in [0, 0.1) is 25.2 Å². The predicted molar refractivity (Wildman–Crippen MR) is 94.0 cm³/mol. The molecule has 0 atom stereocenters. The molecule has 0 saturated carbocycles. The first-order valence-electron chi connectivity index (χ1n) is 7.63. The largest absolute Gasteiger partial charge is 0.321 e. The number of nitrogens with zero attached hydrogens (tertiary/aromatic N) is 1. The Labute approximate surface area is 137 Å². The first kappa shape index (κ1) is 16.5. The Morgan fingerprint density at radius 2 is 1.87 bits per heavy atom. The first-order chi connectivity index (χ1) is 11.0. The Bertz CT molecular complexity index is 780. The van der Waals surface area contributed by atoms with Crippen LogP contribution in [0.4, 0.5) is 5.69 Å². The fraction of sp³-hybridized carbons (Fsp3) is 0.200. The standard InChI is InChI=1S/C20H20N2O/c1-4-16-6-9-19(10-7-16)22-20(23)18(13-21)12-17-8-5-14(2)11-15(17)3/h5-12H,4H2,1-3H3,(H,22,23)/b18-12+. The number of rotatable bonds is 4. The summed E-state index contributed by atoms with van der Waals surface area (Å²) in [5.41, 5.74) is 5.06. The molecule has 0 unspecified atom stereocenters. The number of nitrogens with one attached hydrogen (secondary N) is 1. The molecule has 0 aromatic heterocycles. The molecule has 2 rings (SSSR count). The van der Waals surface area contributed by atoms with E-state index < -0.39 is 5.91 Å². The van der Waals surface area contributed by atoms with Gasteiger partial charge in [0, 0.05) is 5.69 Å². The van der Waals surface area contributed by atoms with Gasteiger partial charge >= 0.3 is 0 Å². The molecule has 2 aromatic rings. The van der Waals surface area contributed by atoms with Crippen LogP contribution in [-0.2, 0) is 11.2 Å². The minimum atomic E-state index is -0.392. The van der Waals surface area contributed by atoms with Crippen molar-refractivity contribution in [1.29, 1.82) is 5.26 Å². The molecule has 0 aliphatic rings. The summed E-state index contributed by atoms with van der Waals surface area (Å²) in [6.07, 6.45) is 2.58. The van der Waals surface area contributed by atoms with E-state index >= 15 is 0 Å². The monoisotopic (exact) mass is 304 g/mol. The third kappa shape index (κ3) is 4.31. The Balaban J connectivity index is 2.20. The highest BCUT2D eigenvalue weighted by molar-refractivity contribution is 6.09. The van der Waals surface area contributed by atoms with Crippen molar-refractivity contribution in [3.05, 3.63) is 70.3 Å². The highest BCUT2D eigenvalue weighted by Gasteiger charge is 2.10. The predicted octanol–water partition coefficient (Wildman–Crippen LogP) is 4.41. The van der Waals surface area contributed by atoms with Gasteiger partial charge in [0.2, 0.25) is 0 Å². The Hall–Kier alpha value is -2.86. The molecule has 1 N–H and O–H groups in total. The van der Waals surface area contributed by atoms with Crippen LogP contribution in [0.2, 0.25) is 0 Å². The maximum Gasteiger partial charge on any atom is 0.266 e. The third-order valence-corrected chi connectivity index (χ3v) is 3.71. The van der Waals surface area contributed by atoms with Gasteiger partial charge in [0.1, 0.15) is 11.6 Å². The second-order valence-electron chi connectivity index (χ2n) is 5.53. The smallest absolute Gasteiger partial charge is 0.266 e. The van der Waals surface area contributed by atoms with Gasteiger partial charge in [-0.15, -0.1) is 0 Å². The van der Waals surface area contributed by atoms with E-state index in [4.69, 9.17) is 0 Å². The summed E-state index contributed by atoms with van der Waals surface area (Å²) in [6, 6.07) is 15.5. The quantitative estimate of drug-likeness (QED) is 0.672. The van der Waals surface area contributed by atoms with Gasteiger partial charge in [-0.05, 0) is 55.2 Å². The lowest BCUT2D eigenvalue weighted by Crippen LogP contribution is -2.13. The number of carbonyl (C=O) groups excluding carboxylic acids is 1. The molecular formula is C20H20N2O. The van der Waals surface area contributed by atoms with E-state index in [-0.39, 0.29) is 5.57 Å². The molecule has 116 valence electrons. The number of benzene rings is 2. The summed E-state index contributed by atoms with van der Waals surface area (Å²) in [6.45, 7) is 6.06. The minimum absolute atomic E-state index is 0.0940. The highest BCUT2D eigenvalue weighted by atomic mass is 16.1. The molecule has 3 heteroatoms. The molecule has 1 amide bonds. The average molecular weight is 304 g/mol. The highest BCUT2D eigenvalue weighted by Crippen LogP contribution is 2.16. The van der Waals surface area contributed by atoms with Gasteiger partial charge < -0.3 is 5.32 Å². The number of hydrogen-bond donors (Lipinski definition) is 1. The van der Waals surface area contributed by atoms with Gasteiger partial charge in [0.05, 0.1) is 0 Å². The molecule has 0 aliphatic heterocycles. The summed E-state index contributed by atoms with van der Waals surface area (Å²) >= 11 is 0. The van der Waals surface area contributed by atoms with Crippen molar-refractivity contribution < 1.29 is 4.79 Å². The lowest BCUT2D eigenvalue weighted by molar-refractivity contribution is -0.112. The van der Waals surface area contributed by atoms with Gasteiger partial charge in [0.15, 0.2) is 0 Å². The third-order valence-electron chi connectivity index (χ3n) is 3.71. The van der Waals surface area contributed by atoms with Crippen molar-refractivity contribution in [2.45, 2.75) is 27.2 Å². The van der Waals surface area contributed by atoms with E-state index in [0.717, 1.165) is 23.1 Å². The van der Waals surface area contributed by atoms with Crippen molar-refractivity contribution in [3.8, 4) is 6.07 Å². The van der Waals surface area contributed by atoms with Gasteiger partial charge in [-0.2, -0.15) is 5.26 Å². The van der Waals surface area contributed by atoms with Crippen LogP contribution in [0.3, 0.4) is 0 Å². The van der Waals surface area contributed by atoms with Crippen molar-refractivity contribution in [1.82, 2.24) is 0 Å². The van der Waals surface area contributed by atoms with E-state index in [1.165, 1.54) is 5.56 Å². The molecule has 0 bridgehead atoms. The van der Waals surface area contributed by atoms with E-state index in [1.807, 2.05) is 62.4 Å². The van der Waals surface area contributed by atoms with Crippen LogP contribution in [0.25, 0.3) is 6.08 Å². The molecule has 0 saturated heterocycles. The van der Waals surface area contributed by atoms with Crippen LogP contribution in [0.15, 0.2) is 48.0 Å². The van der Waals surface area contributed by atoms with E-state index in [9.17, 15) is 10.1 Å². The Kier molecular flexibility index (Phi) is 5.32. The Morgan fingerprint density at radius 3 is 2.43 bits per heavy atom. The molecule has 3 nitrogen and oxygen atoms in total. The van der Waals surface area contributed by atoms with Crippen molar-refractivity contribution >= 4 is 17.7 Å². The van der Waals surface area contributed by atoms with E-state index in [0.29, 0.717) is 5.69 Å². The van der Waals surface area contributed by atoms with Gasteiger partial charge in [-0.25, -0.2) is 0 Å². The normalized spacial score (nSPS) is 11.0. The van der Waals surface area contributed by atoms with Gasteiger partial charge in [0.25, 0.3) is 5.91 Å². The second kappa shape index (κ2) is 7.42. The number of nitriles is 1. The van der Waals surface area contributed by atoms with Crippen LogP contribution >= 0.6 is 0 Å². The van der Waals surface area contributed by atoms with E-state index in [2.05, 4.69) is 12.2 Å². The summed E-state index contributed by atoms with van der Waals surface area (Å²) in [5, 5.41) is 12.0. The maximum absolute atomic E-state index is 12.3. The zero-order valence-corrected chi connectivity index (χ0v) is 13.7. The molecule has 0 heterocycles. The summed E-state index contributed by atoms with van der Waals surface area (Å²) in [4.78, 5) is 12.3. The maximum atomic E-state index is 12.3. The van der Waals surface area contributed by atoms with E-state index in [1.54, 1.807) is 6.08 Å². The van der Waals surface area contributed by atoms with Crippen molar-refractivity contribution in [3.63, 3.8) is 0 Å². The van der Waals surface area contributed by atoms with Crippen LogP contribution in [0.1, 0.15) is 29.2 Å². The lowest BCUT2D eigenvalue weighted by atomic mass is 10.0. The molecular weight excluding hydrogens is 284 g/mol. The fourth-order valence-electron chi connectivity index (χ4n) is 2.31. The van der Waals surface area contributed by atoms with Crippen molar-refractivity contribution in [2.24, 2.45) is 0 Å². The average Bonchev–Trinajstić information content (AvgIpc) is 2.54. The number of carbonyl (C=O) groups is 1. The molecule has 0 aliphatic carbocycles. The summed E-state index contributed by atoms with van der Waals surface area (Å²) in [5.74, 6) is -0.392. The topological polar surface area (TPSA) is 52.9 Å². The summed E-state index contributed by atoms with van der Waals surface area (Å²) in [7, 11) is 0. The molecule has 0 radical (unpaired) electrons. The molecule has 23 heavy (non-hydrogen) atoms. The zero-order chi connectivity index (χ0) is 16.8. The van der Waals surface area contributed by atoms with Crippen LogP contribution in [-0.4, -0.2) is 5.91 Å². The van der Waals surface area contributed by atoms with Gasteiger partial charge in [-0.1, -0.05) is 42.8 Å². The number of amides is 1.